The minimum atomic E-state index is -0.820. The van der Waals surface area contributed by atoms with E-state index in [-0.39, 0.29) is 18.4 Å². The Kier molecular flexibility index (Phi) is 5.90. The molecule has 0 radical (unpaired) electrons. The maximum Gasteiger partial charge on any atom is 0.308 e. The molecule has 22 heavy (non-hydrogen) atoms. The van der Waals surface area contributed by atoms with E-state index in [4.69, 9.17) is 9.84 Å². The van der Waals surface area contributed by atoms with Crippen LogP contribution in [0.4, 0.5) is 0 Å². The van der Waals surface area contributed by atoms with Crippen molar-refractivity contribution in [2.45, 2.75) is 39.2 Å². The molecule has 0 aromatic carbocycles. The number of carbonyl (C=O) groups excluding carboxylic acids is 1. The lowest BCUT2D eigenvalue weighted by Crippen LogP contribution is -2.43. The van der Waals surface area contributed by atoms with Gasteiger partial charge in [0.2, 0.25) is 5.91 Å². The van der Waals surface area contributed by atoms with Crippen molar-refractivity contribution in [1.82, 2.24) is 9.88 Å². The van der Waals surface area contributed by atoms with E-state index in [1.807, 2.05) is 19.2 Å². The van der Waals surface area contributed by atoms with Gasteiger partial charge in [-0.05, 0) is 26.7 Å². The van der Waals surface area contributed by atoms with Crippen LogP contribution in [0.3, 0.4) is 0 Å². The molecule has 1 aliphatic rings. The number of aromatic nitrogens is 1. The second kappa shape index (κ2) is 7.69. The molecule has 0 bridgehead atoms. The van der Waals surface area contributed by atoms with E-state index in [1.165, 1.54) is 11.3 Å². The van der Waals surface area contributed by atoms with Gasteiger partial charge >= 0.3 is 5.97 Å². The summed E-state index contributed by atoms with van der Waals surface area (Å²) in [6.45, 7) is 5.44. The standard InChI is InChI=1S/C15H22N2O4S/c1-3-21-10(2)14-16-12(9-22-14)7-13(18)17-6-4-5-11(8-17)15(19)20/h9-11H,3-8H2,1-2H3,(H,19,20)/t10-,11+/m1/s1. The fourth-order valence-electron chi connectivity index (χ4n) is 2.58. The zero-order chi connectivity index (χ0) is 16.1. The van der Waals surface area contributed by atoms with Crippen LogP contribution in [0.2, 0.25) is 0 Å². The number of thiazole rings is 1. The quantitative estimate of drug-likeness (QED) is 0.866. The van der Waals surface area contributed by atoms with E-state index >= 15 is 0 Å². The molecule has 2 heterocycles. The first kappa shape index (κ1) is 16.9. The number of hydrogen-bond acceptors (Lipinski definition) is 5. The van der Waals surface area contributed by atoms with Crippen LogP contribution >= 0.6 is 11.3 Å². The molecule has 1 aliphatic heterocycles. The Morgan fingerprint density at radius 3 is 3.05 bits per heavy atom. The van der Waals surface area contributed by atoms with Crippen LogP contribution in [-0.4, -0.2) is 46.6 Å². The maximum atomic E-state index is 12.3. The summed E-state index contributed by atoms with van der Waals surface area (Å²) in [6.07, 6.45) is 1.55. The van der Waals surface area contributed by atoms with Gasteiger partial charge in [0.05, 0.1) is 18.0 Å². The predicted molar refractivity (Wildman–Crippen MR) is 82.8 cm³/mol. The highest BCUT2D eigenvalue weighted by Crippen LogP contribution is 2.22. The minimum absolute atomic E-state index is 0.0492. The summed E-state index contributed by atoms with van der Waals surface area (Å²) in [6, 6.07) is 0. The predicted octanol–water partition coefficient (Wildman–Crippen LogP) is 2.11. The number of carboxylic acid groups (broad SMARTS) is 1. The van der Waals surface area contributed by atoms with Crippen LogP contribution in [0.1, 0.15) is 43.5 Å². The minimum Gasteiger partial charge on any atom is -0.481 e. The van der Waals surface area contributed by atoms with Crippen LogP contribution in [0.5, 0.6) is 0 Å². The largest absolute Gasteiger partial charge is 0.481 e. The van der Waals surface area contributed by atoms with Crippen LogP contribution in [0, 0.1) is 5.92 Å². The molecule has 2 rings (SSSR count). The molecule has 1 N–H and O–H groups in total. The van der Waals surface area contributed by atoms with E-state index in [9.17, 15) is 9.59 Å². The summed E-state index contributed by atoms with van der Waals surface area (Å²) >= 11 is 1.49. The summed E-state index contributed by atoms with van der Waals surface area (Å²) in [4.78, 5) is 29.5. The van der Waals surface area contributed by atoms with Gasteiger partial charge in [0.1, 0.15) is 11.1 Å². The van der Waals surface area contributed by atoms with Gasteiger partial charge in [-0.1, -0.05) is 0 Å². The second-order valence-electron chi connectivity index (χ2n) is 5.47. The number of likely N-dealkylation sites (tertiary alicyclic amines) is 1. The molecule has 1 aromatic heterocycles. The van der Waals surface area contributed by atoms with Gasteiger partial charge in [0.15, 0.2) is 0 Å². The second-order valence-corrected chi connectivity index (χ2v) is 6.36. The lowest BCUT2D eigenvalue weighted by molar-refractivity contribution is -0.145. The van der Waals surface area contributed by atoms with Crippen molar-refractivity contribution in [3.63, 3.8) is 0 Å². The fraction of sp³-hybridized carbons (Fsp3) is 0.667. The van der Waals surface area contributed by atoms with Gasteiger partial charge in [0.25, 0.3) is 0 Å². The van der Waals surface area contributed by atoms with E-state index in [0.29, 0.717) is 26.1 Å². The number of piperidine rings is 1. The van der Waals surface area contributed by atoms with Crippen LogP contribution in [0.25, 0.3) is 0 Å². The molecule has 6 nitrogen and oxygen atoms in total. The SMILES string of the molecule is CCO[C@H](C)c1nc(CC(=O)N2CCC[C@H](C(=O)O)C2)cs1. The molecule has 1 saturated heterocycles. The normalized spacial score (nSPS) is 19.9. The Labute approximate surface area is 134 Å². The molecule has 0 unspecified atom stereocenters. The number of carboxylic acids is 1. The number of rotatable bonds is 6. The average molecular weight is 326 g/mol. The fourth-order valence-corrected chi connectivity index (χ4v) is 3.41. The third-order valence-electron chi connectivity index (χ3n) is 3.79. The highest BCUT2D eigenvalue weighted by molar-refractivity contribution is 7.09. The Balaban J connectivity index is 1.93. The molecule has 1 aromatic rings. The molecule has 2 atom stereocenters. The number of ether oxygens (including phenoxy) is 1. The Morgan fingerprint density at radius 2 is 2.36 bits per heavy atom. The summed E-state index contributed by atoms with van der Waals surface area (Å²) in [5.74, 6) is -1.31. The summed E-state index contributed by atoms with van der Waals surface area (Å²) in [5.41, 5.74) is 0.731. The Morgan fingerprint density at radius 1 is 1.59 bits per heavy atom. The number of carbonyl (C=O) groups is 2. The molecule has 1 amide bonds. The molecule has 0 spiro atoms. The maximum absolute atomic E-state index is 12.3. The highest BCUT2D eigenvalue weighted by Gasteiger charge is 2.28. The number of amides is 1. The van der Waals surface area contributed by atoms with Gasteiger partial charge in [-0.25, -0.2) is 4.98 Å². The van der Waals surface area contributed by atoms with Crippen LogP contribution < -0.4 is 0 Å². The zero-order valence-corrected chi connectivity index (χ0v) is 13.8. The van der Waals surface area contributed by atoms with Crippen LogP contribution in [-0.2, 0) is 20.7 Å². The van der Waals surface area contributed by atoms with E-state index in [0.717, 1.165) is 17.1 Å². The van der Waals surface area contributed by atoms with Crippen molar-refractivity contribution >= 4 is 23.2 Å². The summed E-state index contributed by atoms with van der Waals surface area (Å²) < 4.78 is 5.49. The van der Waals surface area contributed by atoms with Gasteiger partial charge in [-0.2, -0.15) is 0 Å². The van der Waals surface area contributed by atoms with E-state index in [2.05, 4.69) is 4.98 Å². The topological polar surface area (TPSA) is 79.7 Å². The van der Waals surface area contributed by atoms with Crippen molar-refractivity contribution in [2.24, 2.45) is 5.92 Å². The van der Waals surface area contributed by atoms with Gasteiger partial charge in [0, 0.05) is 25.1 Å². The number of hydrogen-bond donors (Lipinski definition) is 1. The van der Waals surface area contributed by atoms with Gasteiger partial charge < -0.3 is 14.7 Å². The molecular weight excluding hydrogens is 304 g/mol. The third kappa shape index (κ3) is 4.27. The highest BCUT2D eigenvalue weighted by atomic mass is 32.1. The van der Waals surface area contributed by atoms with Crippen molar-refractivity contribution in [3.05, 3.63) is 16.1 Å². The van der Waals surface area contributed by atoms with Crippen molar-refractivity contribution in [3.8, 4) is 0 Å². The molecule has 1 fully saturated rings. The van der Waals surface area contributed by atoms with Crippen molar-refractivity contribution in [1.29, 1.82) is 0 Å². The van der Waals surface area contributed by atoms with Gasteiger partial charge in [-0.3, -0.25) is 9.59 Å². The number of nitrogens with zero attached hydrogens (tertiary/aromatic N) is 2. The Hall–Kier alpha value is -1.47. The molecule has 0 saturated carbocycles. The molecule has 122 valence electrons. The summed E-state index contributed by atoms with van der Waals surface area (Å²) in [5, 5.41) is 11.8. The Bertz CT molecular complexity index is 531. The zero-order valence-electron chi connectivity index (χ0n) is 12.9. The first-order chi connectivity index (χ1) is 10.5. The average Bonchev–Trinajstić information content (AvgIpc) is 2.96. The van der Waals surface area contributed by atoms with Crippen molar-refractivity contribution < 1.29 is 19.4 Å². The molecule has 7 heteroatoms. The monoisotopic (exact) mass is 326 g/mol. The van der Waals surface area contributed by atoms with Crippen molar-refractivity contribution in [2.75, 3.05) is 19.7 Å². The van der Waals surface area contributed by atoms with E-state index in [1.54, 1.807) is 4.90 Å². The van der Waals surface area contributed by atoms with Gasteiger partial charge in [-0.15, -0.1) is 11.3 Å². The number of aliphatic carboxylic acids is 1. The van der Waals surface area contributed by atoms with E-state index < -0.39 is 11.9 Å². The smallest absolute Gasteiger partial charge is 0.308 e. The first-order valence-corrected chi connectivity index (χ1v) is 8.45. The lowest BCUT2D eigenvalue weighted by Gasteiger charge is -2.30. The summed E-state index contributed by atoms with van der Waals surface area (Å²) in [7, 11) is 0. The first-order valence-electron chi connectivity index (χ1n) is 7.57. The lowest BCUT2D eigenvalue weighted by atomic mass is 9.98. The van der Waals surface area contributed by atoms with Crippen LogP contribution in [0.15, 0.2) is 5.38 Å². The third-order valence-corrected chi connectivity index (χ3v) is 4.84. The molecule has 0 aliphatic carbocycles. The molecular formula is C15H22N2O4S.